The summed E-state index contributed by atoms with van der Waals surface area (Å²) in [4.78, 5) is 20.6. The van der Waals surface area contributed by atoms with Crippen molar-refractivity contribution in [1.29, 1.82) is 0 Å². The minimum absolute atomic E-state index is 0.121. The van der Waals surface area contributed by atoms with Gasteiger partial charge < -0.3 is 10.6 Å². The molecule has 11 heavy (non-hydrogen) atoms. The topological polar surface area (TPSA) is 58.2 Å². The molecular weight excluding hydrogens is 144 g/mol. The molecule has 0 atom stereocenters. The Labute approximate surface area is 66.4 Å². The third-order valence-electron chi connectivity index (χ3n) is 0.892. The number of carbonyl (C=O) groups excluding carboxylic acids is 2. The van der Waals surface area contributed by atoms with E-state index in [0.29, 0.717) is 0 Å². The van der Waals surface area contributed by atoms with Crippen LogP contribution in [0.1, 0.15) is 20.3 Å². The minimum atomic E-state index is -0.121. The highest BCUT2D eigenvalue weighted by Crippen LogP contribution is 1.72. The number of hydrogen-bond acceptors (Lipinski definition) is 2. The van der Waals surface area contributed by atoms with Crippen LogP contribution < -0.4 is 10.6 Å². The van der Waals surface area contributed by atoms with Gasteiger partial charge in [-0.1, -0.05) is 20.3 Å². The van der Waals surface area contributed by atoms with Crippen molar-refractivity contribution >= 4 is 11.8 Å². The standard InChI is InChI=1S/C4H6N2O2.C3H8/c7-3-1-5-4(8)2-6-3;1-3-2/h1-2H2,(H,5,8)(H,6,7);3H2,1-2H3. The quantitative estimate of drug-likeness (QED) is 0.506. The van der Waals surface area contributed by atoms with Crippen molar-refractivity contribution in [3.63, 3.8) is 0 Å². The third kappa shape index (κ3) is 5.39. The number of hydrogen-bond donors (Lipinski definition) is 2. The second kappa shape index (κ2) is 5.70. The van der Waals surface area contributed by atoms with Crippen LogP contribution in [0.5, 0.6) is 0 Å². The van der Waals surface area contributed by atoms with Crippen LogP contribution in [-0.2, 0) is 9.59 Å². The summed E-state index contributed by atoms with van der Waals surface area (Å²) in [7, 11) is 0. The highest BCUT2D eigenvalue weighted by Gasteiger charge is 2.11. The van der Waals surface area contributed by atoms with Gasteiger partial charge in [-0.25, -0.2) is 0 Å². The highest BCUT2D eigenvalue weighted by molar-refractivity contribution is 5.92. The van der Waals surface area contributed by atoms with Crippen LogP contribution >= 0.6 is 0 Å². The Kier molecular flexibility index (Phi) is 5.15. The van der Waals surface area contributed by atoms with Crippen molar-refractivity contribution in [2.75, 3.05) is 13.1 Å². The van der Waals surface area contributed by atoms with Gasteiger partial charge in [-0.15, -0.1) is 0 Å². The van der Waals surface area contributed by atoms with Crippen LogP contribution in [0, 0.1) is 0 Å². The predicted molar refractivity (Wildman–Crippen MR) is 42.0 cm³/mol. The second-order valence-electron chi connectivity index (χ2n) is 2.26. The Morgan fingerprint density at radius 1 is 1.09 bits per heavy atom. The number of nitrogens with one attached hydrogen (secondary N) is 2. The van der Waals surface area contributed by atoms with Gasteiger partial charge in [-0.3, -0.25) is 9.59 Å². The fourth-order valence-electron chi connectivity index (χ4n) is 0.483. The van der Waals surface area contributed by atoms with E-state index in [0.717, 1.165) is 0 Å². The van der Waals surface area contributed by atoms with Crippen LogP contribution in [0.4, 0.5) is 0 Å². The molecule has 1 aliphatic rings. The Bertz CT molecular complexity index is 117. The third-order valence-corrected chi connectivity index (χ3v) is 0.892. The first-order chi connectivity index (χ1) is 5.20. The molecule has 0 aromatic carbocycles. The Morgan fingerprint density at radius 2 is 1.36 bits per heavy atom. The van der Waals surface area contributed by atoms with Gasteiger partial charge in [-0.05, 0) is 0 Å². The molecule has 0 bridgehead atoms. The van der Waals surface area contributed by atoms with E-state index in [2.05, 4.69) is 24.5 Å². The maximum Gasteiger partial charge on any atom is 0.239 e. The van der Waals surface area contributed by atoms with E-state index in [1.165, 1.54) is 6.42 Å². The minimum Gasteiger partial charge on any atom is -0.346 e. The van der Waals surface area contributed by atoms with E-state index in [1.54, 1.807) is 0 Å². The molecule has 4 nitrogen and oxygen atoms in total. The molecule has 2 N–H and O–H groups in total. The molecule has 1 fully saturated rings. The van der Waals surface area contributed by atoms with Gasteiger partial charge in [0.05, 0.1) is 13.1 Å². The molecule has 1 heterocycles. The SMILES string of the molecule is CCC.O=C1CNC(=O)CN1. The predicted octanol–water partition coefficient (Wildman–Crippen LogP) is -0.351. The smallest absolute Gasteiger partial charge is 0.239 e. The zero-order chi connectivity index (χ0) is 8.69. The zero-order valence-electron chi connectivity index (χ0n) is 6.94. The number of amides is 2. The first-order valence-electron chi connectivity index (χ1n) is 3.74. The highest BCUT2D eigenvalue weighted by atomic mass is 16.2. The van der Waals surface area contributed by atoms with Gasteiger partial charge in [0, 0.05) is 0 Å². The van der Waals surface area contributed by atoms with Gasteiger partial charge in [-0.2, -0.15) is 0 Å². The summed E-state index contributed by atoms with van der Waals surface area (Å²) in [6.07, 6.45) is 1.25. The van der Waals surface area contributed by atoms with Gasteiger partial charge in [0.2, 0.25) is 11.8 Å². The average molecular weight is 158 g/mol. The summed E-state index contributed by atoms with van der Waals surface area (Å²) in [5.41, 5.74) is 0. The number of carbonyl (C=O) groups is 2. The zero-order valence-corrected chi connectivity index (χ0v) is 6.94. The summed E-state index contributed by atoms with van der Waals surface area (Å²) in [6, 6.07) is 0. The molecule has 2 amide bonds. The molecule has 64 valence electrons. The van der Waals surface area contributed by atoms with Gasteiger partial charge in [0.1, 0.15) is 0 Å². The van der Waals surface area contributed by atoms with Crippen molar-refractivity contribution in [3.05, 3.63) is 0 Å². The van der Waals surface area contributed by atoms with E-state index >= 15 is 0 Å². The molecular formula is C7H14N2O2. The fraction of sp³-hybridized carbons (Fsp3) is 0.714. The Balaban J connectivity index is 0.000000292. The summed E-state index contributed by atoms with van der Waals surface area (Å²) in [6.45, 7) is 4.50. The molecule has 0 aromatic rings. The Morgan fingerprint density at radius 3 is 1.55 bits per heavy atom. The molecule has 0 aromatic heterocycles. The largest absolute Gasteiger partial charge is 0.346 e. The van der Waals surface area contributed by atoms with Crippen LogP contribution in [0.25, 0.3) is 0 Å². The van der Waals surface area contributed by atoms with E-state index in [1.807, 2.05) is 0 Å². The Hall–Kier alpha value is -1.06. The van der Waals surface area contributed by atoms with E-state index in [-0.39, 0.29) is 24.9 Å². The molecule has 0 spiro atoms. The summed E-state index contributed by atoms with van der Waals surface area (Å²) in [5.74, 6) is -0.241. The average Bonchev–Trinajstić information content (AvgIpc) is 1.97. The monoisotopic (exact) mass is 158 g/mol. The fourth-order valence-corrected chi connectivity index (χ4v) is 0.483. The van der Waals surface area contributed by atoms with Gasteiger partial charge in [0.15, 0.2) is 0 Å². The lowest BCUT2D eigenvalue weighted by Crippen LogP contribution is -2.48. The van der Waals surface area contributed by atoms with Gasteiger partial charge >= 0.3 is 0 Å². The molecule has 1 aliphatic heterocycles. The molecule has 4 heteroatoms. The first kappa shape index (κ1) is 9.94. The second-order valence-corrected chi connectivity index (χ2v) is 2.26. The van der Waals surface area contributed by atoms with Crippen LogP contribution in [0.3, 0.4) is 0 Å². The van der Waals surface area contributed by atoms with Gasteiger partial charge in [0.25, 0.3) is 0 Å². The molecule has 1 rings (SSSR count). The van der Waals surface area contributed by atoms with E-state index < -0.39 is 0 Å². The van der Waals surface area contributed by atoms with Crippen molar-refractivity contribution in [3.8, 4) is 0 Å². The maximum absolute atomic E-state index is 10.3. The summed E-state index contributed by atoms with van der Waals surface area (Å²) in [5, 5.41) is 4.76. The van der Waals surface area contributed by atoms with Crippen molar-refractivity contribution in [1.82, 2.24) is 10.6 Å². The molecule has 0 radical (unpaired) electrons. The molecule has 0 unspecified atom stereocenters. The van der Waals surface area contributed by atoms with Crippen molar-refractivity contribution in [2.24, 2.45) is 0 Å². The molecule has 0 saturated carbocycles. The number of rotatable bonds is 0. The van der Waals surface area contributed by atoms with E-state index in [4.69, 9.17) is 0 Å². The lowest BCUT2D eigenvalue weighted by Gasteiger charge is -2.10. The van der Waals surface area contributed by atoms with Crippen molar-refractivity contribution < 1.29 is 9.59 Å². The molecule has 0 aliphatic carbocycles. The van der Waals surface area contributed by atoms with E-state index in [9.17, 15) is 9.59 Å². The maximum atomic E-state index is 10.3. The molecule has 1 saturated heterocycles. The van der Waals surface area contributed by atoms with Crippen LogP contribution in [0.15, 0.2) is 0 Å². The first-order valence-corrected chi connectivity index (χ1v) is 3.74. The van der Waals surface area contributed by atoms with Crippen LogP contribution in [0.2, 0.25) is 0 Å². The summed E-state index contributed by atoms with van der Waals surface area (Å²) >= 11 is 0. The van der Waals surface area contributed by atoms with Crippen LogP contribution in [-0.4, -0.2) is 24.9 Å². The normalized spacial score (nSPS) is 15.8. The number of piperazine rings is 1. The lowest BCUT2D eigenvalue weighted by molar-refractivity contribution is -0.130. The lowest BCUT2D eigenvalue weighted by atomic mass is 10.4. The van der Waals surface area contributed by atoms with Crippen molar-refractivity contribution in [2.45, 2.75) is 20.3 Å². The summed E-state index contributed by atoms with van der Waals surface area (Å²) < 4.78 is 0.